The molecule has 2 aromatic rings. The molecule has 0 aromatic heterocycles. The summed E-state index contributed by atoms with van der Waals surface area (Å²) in [6.07, 6.45) is 0. The molecule has 0 radical (unpaired) electrons. The van der Waals surface area contributed by atoms with Crippen LogP contribution in [-0.4, -0.2) is 27.0 Å². The number of ether oxygens (including phenoxy) is 1. The van der Waals surface area contributed by atoms with Gasteiger partial charge in [-0.05, 0) is 69.7 Å². The van der Waals surface area contributed by atoms with Crippen LogP contribution in [-0.2, 0) is 10.0 Å². The molecule has 0 aliphatic rings. The fourth-order valence-electron chi connectivity index (χ4n) is 2.36. The molecule has 0 saturated heterocycles. The zero-order valence-corrected chi connectivity index (χ0v) is 16.4. The quantitative estimate of drug-likeness (QED) is 0.838. The van der Waals surface area contributed by atoms with Crippen molar-refractivity contribution in [2.75, 3.05) is 12.4 Å². The Bertz CT molecular complexity index is 898. The van der Waals surface area contributed by atoms with E-state index >= 15 is 0 Å². The van der Waals surface area contributed by atoms with Crippen LogP contribution in [0.15, 0.2) is 47.4 Å². The number of aryl methyl sites for hydroxylation is 1. The topological polar surface area (TPSA) is 84.5 Å². The Balaban J connectivity index is 2.21. The van der Waals surface area contributed by atoms with Gasteiger partial charge in [-0.1, -0.05) is 6.07 Å². The predicted octanol–water partition coefficient (Wildman–Crippen LogP) is 3.33. The lowest BCUT2D eigenvalue weighted by Crippen LogP contribution is -2.40. The average molecular weight is 376 g/mol. The van der Waals surface area contributed by atoms with Gasteiger partial charge in [-0.15, -0.1) is 0 Å². The van der Waals surface area contributed by atoms with Crippen molar-refractivity contribution >= 4 is 21.6 Å². The number of anilines is 1. The monoisotopic (exact) mass is 376 g/mol. The number of hydrogen-bond acceptors (Lipinski definition) is 4. The first-order valence-electron chi connectivity index (χ1n) is 8.12. The smallest absolute Gasteiger partial charge is 0.255 e. The normalized spacial score (nSPS) is 11.9. The van der Waals surface area contributed by atoms with Crippen molar-refractivity contribution in [1.82, 2.24) is 4.72 Å². The van der Waals surface area contributed by atoms with Crippen molar-refractivity contribution in [1.29, 1.82) is 0 Å². The van der Waals surface area contributed by atoms with Crippen molar-refractivity contribution in [2.24, 2.45) is 0 Å². The molecule has 26 heavy (non-hydrogen) atoms. The number of carbonyl (C=O) groups is 1. The van der Waals surface area contributed by atoms with Gasteiger partial charge >= 0.3 is 0 Å². The van der Waals surface area contributed by atoms with E-state index in [0.29, 0.717) is 17.0 Å². The molecule has 6 nitrogen and oxygen atoms in total. The molecule has 0 bridgehead atoms. The summed E-state index contributed by atoms with van der Waals surface area (Å²) in [6, 6.07) is 11.3. The maximum atomic E-state index is 12.5. The number of rotatable bonds is 5. The Labute approximate surface area is 154 Å². The Morgan fingerprint density at radius 1 is 1.04 bits per heavy atom. The minimum atomic E-state index is -3.64. The van der Waals surface area contributed by atoms with Gasteiger partial charge in [-0.2, -0.15) is 0 Å². The van der Waals surface area contributed by atoms with Gasteiger partial charge in [0.25, 0.3) is 5.91 Å². The van der Waals surface area contributed by atoms with Crippen LogP contribution < -0.4 is 14.8 Å². The number of hydrogen-bond donors (Lipinski definition) is 2. The van der Waals surface area contributed by atoms with Crippen LogP contribution in [0.1, 0.15) is 36.7 Å². The standard InChI is InChI=1S/C19H24N2O4S/c1-13-6-11-17(25-5)16(12-13)20-18(22)14-7-9-15(10-8-14)26(23,24)21-19(2,3)4/h6-12,21H,1-5H3,(H,20,22). The Hall–Kier alpha value is -2.38. The Morgan fingerprint density at radius 3 is 2.19 bits per heavy atom. The van der Waals surface area contributed by atoms with Gasteiger partial charge < -0.3 is 10.1 Å². The number of methoxy groups -OCH3 is 1. The van der Waals surface area contributed by atoms with Crippen molar-refractivity contribution in [3.8, 4) is 5.75 Å². The van der Waals surface area contributed by atoms with E-state index in [4.69, 9.17) is 4.74 Å². The van der Waals surface area contributed by atoms with Gasteiger partial charge in [-0.3, -0.25) is 4.79 Å². The summed E-state index contributed by atoms with van der Waals surface area (Å²) in [5.41, 5.74) is 1.30. The summed E-state index contributed by atoms with van der Waals surface area (Å²) in [6.45, 7) is 7.21. The lowest BCUT2D eigenvalue weighted by Gasteiger charge is -2.20. The molecule has 0 saturated carbocycles. The van der Waals surface area contributed by atoms with Crippen LogP contribution in [0, 0.1) is 6.92 Å². The summed E-state index contributed by atoms with van der Waals surface area (Å²) in [4.78, 5) is 12.6. The highest BCUT2D eigenvalue weighted by Gasteiger charge is 2.22. The van der Waals surface area contributed by atoms with Crippen molar-refractivity contribution in [3.05, 3.63) is 53.6 Å². The molecule has 0 aliphatic carbocycles. The second-order valence-electron chi connectivity index (χ2n) is 7.04. The van der Waals surface area contributed by atoms with E-state index in [-0.39, 0.29) is 10.8 Å². The number of sulfonamides is 1. The maximum Gasteiger partial charge on any atom is 0.255 e. The van der Waals surface area contributed by atoms with E-state index in [1.165, 1.54) is 31.4 Å². The fraction of sp³-hybridized carbons (Fsp3) is 0.316. The Morgan fingerprint density at radius 2 is 1.65 bits per heavy atom. The zero-order chi connectivity index (χ0) is 19.5. The minimum Gasteiger partial charge on any atom is -0.495 e. The minimum absolute atomic E-state index is 0.108. The van der Waals surface area contributed by atoms with Crippen molar-refractivity contribution in [3.63, 3.8) is 0 Å². The highest BCUT2D eigenvalue weighted by atomic mass is 32.2. The first kappa shape index (κ1) is 19.9. The summed E-state index contributed by atoms with van der Waals surface area (Å²) >= 11 is 0. The summed E-state index contributed by atoms with van der Waals surface area (Å²) in [7, 11) is -2.11. The number of nitrogens with one attached hydrogen (secondary N) is 2. The van der Waals surface area contributed by atoms with Crippen LogP contribution in [0.3, 0.4) is 0 Å². The molecular formula is C19H24N2O4S. The van der Waals surface area contributed by atoms with Crippen LogP contribution >= 0.6 is 0 Å². The average Bonchev–Trinajstić information content (AvgIpc) is 2.53. The van der Waals surface area contributed by atoms with Crippen LogP contribution in [0.5, 0.6) is 5.75 Å². The van der Waals surface area contributed by atoms with Crippen molar-refractivity contribution in [2.45, 2.75) is 38.1 Å². The molecule has 140 valence electrons. The zero-order valence-electron chi connectivity index (χ0n) is 15.6. The van der Waals surface area contributed by atoms with Gasteiger partial charge in [0.2, 0.25) is 10.0 Å². The van der Waals surface area contributed by atoms with Gasteiger partial charge in [0.05, 0.1) is 17.7 Å². The third-order valence-electron chi connectivity index (χ3n) is 3.47. The van der Waals surface area contributed by atoms with Crippen LogP contribution in [0.25, 0.3) is 0 Å². The van der Waals surface area contributed by atoms with E-state index in [0.717, 1.165) is 5.56 Å². The third kappa shape index (κ3) is 5.06. The molecule has 0 heterocycles. The van der Waals surface area contributed by atoms with E-state index in [1.54, 1.807) is 26.8 Å². The maximum absolute atomic E-state index is 12.5. The van der Waals surface area contributed by atoms with E-state index < -0.39 is 15.6 Å². The molecule has 0 atom stereocenters. The van der Waals surface area contributed by atoms with Gasteiger partial charge in [-0.25, -0.2) is 13.1 Å². The highest BCUT2D eigenvalue weighted by Crippen LogP contribution is 2.26. The third-order valence-corrected chi connectivity index (χ3v) is 5.24. The summed E-state index contributed by atoms with van der Waals surface area (Å²) in [5, 5.41) is 2.79. The molecule has 1 amide bonds. The molecule has 0 aliphatic heterocycles. The van der Waals surface area contributed by atoms with Gasteiger partial charge in [0.15, 0.2) is 0 Å². The molecular weight excluding hydrogens is 352 g/mol. The number of benzene rings is 2. The SMILES string of the molecule is COc1ccc(C)cc1NC(=O)c1ccc(S(=O)(=O)NC(C)(C)C)cc1. The largest absolute Gasteiger partial charge is 0.495 e. The van der Waals surface area contributed by atoms with Gasteiger partial charge in [0, 0.05) is 11.1 Å². The van der Waals surface area contributed by atoms with Crippen molar-refractivity contribution < 1.29 is 17.9 Å². The second kappa shape index (κ2) is 7.47. The molecule has 0 fully saturated rings. The second-order valence-corrected chi connectivity index (χ2v) is 8.72. The molecule has 2 rings (SSSR count). The first-order chi connectivity index (χ1) is 12.0. The number of carbonyl (C=O) groups excluding carboxylic acids is 1. The molecule has 0 unspecified atom stereocenters. The van der Waals surface area contributed by atoms with E-state index in [9.17, 15) is 13.2 Å². The first-order valence-corrected chi connectivity index (χ1v) is 9.60. The summed E-state index contributed by atoms with van der Waals surface area (Å²) < 4.78 is 32.4. The molecule has 7 heteroatoms. The lowest BCUT2D eigenvalue weighted by atomic mass is 10.1. The van der Waals surface area contributed by atoms with E-state index in [1.807, 2.05) is 19.1 Å². The fourth-order valence-corrected chi connectivity index (χ4v) is 3.78. The van der Waals surface area contributed by atoms with E-state index in [2.05, 4.69) is 10.0 Å². The molecule has 0 spiro atoms. The Kier molecular flexibility index (Phi) is 5.73. The molecule has 2 N–H and O–H groups in total. The summed E-state index contributed by atoms with van der Waals surface area (Å²) in [5.74, 6) is 0.208. The lowest BCUT2D eigenvalue weighted by molar-refractivity contribution is 0.102. The van der Waals surface area contributed by atoms with Crippen LogP contribution in [0.2, 0.25) is 0 Å². The highest BCUT2D eigenvalue weighted by molar-refractivity contribution is 7.89. The van der Waals surface area contributed by atoms with Crippen LogP contribution in [0.4, 0.5) is 5.69 Å². The van der Waals surface area contributed by atoms with Gasteiger partial charge in [0.1, 0.15) is 5.75 Å². The number of amides is 1. The predicted molar refractivity (Wildman–Crippen MR) is 102 cm³/mol. The molecule has 2 aromatic carbocycles.